The van der Waals surface area contributed by atoms with Crippen LogP contribution in [0, 0.1) is 21.4 Å². The zero-order chi connectivity index (χ0) is 20.4. The Morgan fingerprint density at radius 2 is 1.86 bits per heavy atom. The van der Waals surface area contributed by atoms with E-state index in [1.165, 1.54) is 21.9 Å². The zero-order valence-electron chi connectivity index (χ0n) is 16.0. The van der Waals surface area contributed by atoms with Gasteiger partial charge in [0.05, 0.1) is 11.0 Å². The molecule has 0 bridgehead atoms. The molecule has 4 rings (SSSR count). The summed E-state index contributed by atoms with van der Waals surface area (Å²) in [6.45, 7) is 2.84. The molecule has 2 atom stereocenters. The summed E-state index contributed by atoms with van der Waals surface area (Å²) in [7, 11) is 3.18. The summed E-state index contributed by atoms with van der Waals surface area (Å²) in [6.07, 6.45) is 1.80. The largest absolute Gasteiger partial charge is 0.367 e. The van der Waals surface area contributed by atoms with E-state index in [2.05, 4.69) is 11.8 Å². The van der Waals surface area contributed by atoms with Gasteiger partial charge in [-0.2, -0.15) is 0 Å². The second kappa shape index (κ2) is 6.23. The van der Waals surface area contributed by atoms with E-state index in [4.69, 9.17) is 12.2 Å². The smallest absolute Gasteiger partial charge is 0.269 e. The van der Waals surface area contributed by atoms with Crippen molar-refractivity contribution in [3.8, 4) is 0 Å². The molecule has 2 saturated heterocycles. The number of thiocarbonyl (C=S) groups is 1. The third-order valence-corrected chi connectivity index (χ3v) is 6.98. The average Bonchev–Trinajstić information content (AvgIpc) is 2.68. The molecule has 9 heteroatoms. The first-order chi connectivity index (χ1) is 13.2. The van der Waals surface area contributed by atoms with Crippen LogP contribution in [0.2, 0.25) is 0 Å². The first-order valence-electron chi connectivity index (χ1n) is 9.32. The van der Waals surface area contributed by atoms with Crippen LogP contribution < -0.4 is 4.90 Å². The lowest BCUT2D eigenvalue weighted by Gasteiger charge is -2.56. The van der Waals surface area contributed by atoms with Crippen LogP contribution in [-0.2, 0) is 16.0 Å². The molecule has 148 valence electrons. The van der Waals surface area contributed by atoms with E-state index in [0.717, 1.165) is 12.1 Å². The average molecular weight is 402 g/mol. The van der Waals surface area contributed by atoms with Gasteiger partial charge in [0.25, 0.3) is 5.69 Å². The number of nitro benzene ring substituents is 1. The third-order valence-electron chi connectivity index (χ3n) is 6.43. The standard InChI is InChI=1S/C19H22N4O4S/c1-11-6-7-22-14-5-4-13(23(26)27)9-12(14)10-19(15(22)8-11)16(24)20(2)18(28)21(3)17(19)25/h4-5,9,11,15H,6-8,10H2,1-3H3/t11-,15+/m1/s1. The lowest BCUT2D eigenvalue weighted by Crippen LogP contribution is -2.72. The van der Waals surface area contributed by atoms with Gasteiger partial charge in [-0.15, -0.1) is 0 Å². The van der Waals surface area contributed by atoms with Crippen molar-refractivity contribution >= 4 is 40.5 Å². The normalized spacial score (nSPS) is 26.4. The van der Waals surface area contributed by atoms with Gasteiger partial charge in [-0.1, -0.05) is 6.92 Å². The molecule has 0 unspecified atom stereocenters. The number of carbonyl (C=O) groups excluding carboxylic acids is 2. The van der Waals surface area contributed by atoms with Gasteiger partial charge < -0.3 is 4.90 Å². The van der Waals surface area contributed by atoms with E-state index < -0.39 is 10.3 Å². The second-order valence-electron chi connectivity index (χ2n) is 8.07. The van der Waals surface area contributed by atoms with Crippen LogP contribution in [0.25, 0.3) is 0 Å². The fourth-order valence-electron chi connectivity index (χ4n) is 4.95. The van der Waals surface area contributed by atoms with Crippen molar-refractivity contribution in [2.45, 2.75) is 32.2 Å². The Morgan fingerprint density at radius 1 is 1.21 bits per heavy atom. The Balaban J connectivity index is 1.92. The van der Waals surface area contributed by atoms with Gasteiger partial charge in [0.15, 0.2) is 10.5 Å². The van der Waals surface area contributed by atoms with Crippen molar-refractivity contribution in [3.63, 3.8) is 0 Å². The highest BCUT2D eigenvalue weighted by molar-refractivity contribution is 7.80. The van der Waals surface area contributed by atoms with Crippen LogP contribution >= 0.6 is 12.2 Å². The molecular formula is C19H22N4O4S. The number of nitro groups is 1. The highest BCUT2D eigenvalue weighted by atomic mass is 32.1. The number of carbonyl (C=O) groups is 2. The quantitative estimate of drug-likeness (QED) is 0.309. The number of anilines is 1. The number of hydrogen-bond donors (Lipinski definition) is 0. The van der Waals surface area contributed by atoms with Crippen LogP contribution in [0.5, 0.6) is 0 Å². The number of rotatable bonds is 1. The van der Waals surface area contributed by atoms with Crippen molar-refractivity contribution in [3.05, 3.63) is 33.9 Å². The van der Waals surface area contributed by atoms with E-state index >= 15 is 0 Å². The van der Waals surface area contributed by atoms with E-state index in [1.54, 1.807) is 20.2 Å². The molecule has 1 aromatic carbocycles. The van der Waals surface area contributed by atoms with Gasteiger partial charge >= 0.3 is 0 Å². The number of piperidine rings is 1. The molecule has 0 aliphatic carbocycles. The molecule has 0 aromatic heterocycles. The zero-order valence-corrected chi connectivity index (χ0v) is 16.9. The number of nitrogens with zero attached hydrogens (tertiary/aromatic N) is 4. The fraction of sp³-hybridized carbons (Fsp3) is 0.526. The predicted molar refractivity (Wildman–Crippen MR) is 107 cm³/mol. The van der Waals surface area contributed by atoms with Crippen molar-refractivity contribution in [2.75, 3.05) is 25.5 Å². The molecule has 1 aromatic rings. The summed E-state index contributed by atoms with van der Waals surface area (Å²) in [4.78, 5) is 42.7. The maximum Gasteiger partial charge on any atom is 0.269 e. The van der Waals surface area contributed by atoms with Crippen molar-refractivity contribution in [1.82, 2.24) is 9.80 Å². The van der Waals surface area contributed by atoms with E-state index in [9.17, 15) is 19.7 Å². The lowest BCUT2D eigenvalue weighted by molar-refractivity contribution is -0.384. The van der Waals surface area contributed by atoms with E-state index in [0.29, 0.717) is 24.4 Å². The first kappa shape index (κ1) is 18.8. The lowest BCUT2D eigenvalue weighted by atomic mass is 9.64. The van der Waals surface area contributed by atoms with Crippen molar-refractivity contribution in [1.29, 1.82) is 0 Å². The van der Waals surface area contributed by atoms with Crippen molar-refractivity contribution in [2.24, 2.45) is 11.3 Å². The minimum atomic E-state index is -1.32. The van der Waals surface area contributed by atoms with Gasteiger partial charge in [0.1, 0.15) is 0 Å². The topological polar surface area (TPSA) is 87.0 Å². The number of non-ortho nitro benzene ring substituents is 1. The first-order valence-corrected chi connectivity index (χ1v) is 9.73. The fourth-order valence-corrected chi connectivity index (χ4v) is 5.11. The summed E-state index contributed by atoms with van der Waals surface area (Å²) in [5, 5.41) is 11.5. The van der Waals surface area contributed by atoms with Crippen LogP contribution in [0.15, 0.2) is 18.2 Å². The molecule has 3 heterocycles. The van der Waals surface area contributed by atoms with Crippen LogP contribution in [0.3, 0.4) is 0 Å². The van der Waals surface area contributed by atoms with Crippen molar-refractivity contribution < 1.29 is 14.5 Å². The molecule has 2 amide bonds. The van der Waals surface area contributed by atoms with Gasteiger partial charge in [-0.3, -0.25) is 29.5 Å². The number of hydrogen-bond acceptors (Lipinski definition) is 6. The van der Waals surface area contributed by atoms with Gasteiger partial charge in [0.2, 0.25) is 11.8 Å². The highest BCUT2D eigenvalue weighted by Gasteiger charge is 2.62. The Morgan fingerprint density at radius 3 is 2.46 bits per heavy atom. The third kappa shape index (κ3) is 2.38. The molecule has 3 aliphatic heterocycles. The summed E-state index contributed by atoms with van der Waals surface area (Å²) >= 11 is 5.27. The molecule has 28 heavy (non-hydrogen) atoms. The molecule has 1 spiro atoms. The summed E-state index contributed by atoms with van der Waals surface area (Å²) in [5.74, 6) is -0.258. The number of benzene rings is 1. The highest BCUT2D eigenvalue weighted by Crippen LogP contribution is 2.49. The molecule has 8 nitrogen and oxygen atoms in total. The SMILES string of the molecule is C[C@@H]1CCN2c3ccc([N+](=O)[O-])cc3CC3(C(=O)N(C)C(=S)N(C)C3=O)[C@@H]2C1. The molecule has 0 N–H and O–H groups in total. The summed E-state index contributed by atoms with van der Waals surface area (Å²) in [5.41, 5.74) is 0.192. The number of fused-ring (bicyclic) bond motifs is 4. The van der Waals surface area contributed by atoms with Crippen LogP contribution in [-0.4, -0.2) is 58.3 Å². The molecule has 0 saturated carbocycles. The van der Waals surface area contributed by atoms with Crippen LogP contribution in [0.1, 0.15) is 25.3 Å². The number of amides is 2. The Bertz CT molecular complexity index is 893. The monoisotopic (exact) mass is 402 g/mol. The summed E-state index contributed by atoms with van der Waals surface area (Å²) in [6, 6.07) is 4.44. The minimum absolute atomic E-state index is 0.0364. The van der Waals surface area contributed by atoms with Gasteiger partial charge in [0, 0.05) is 44.9 Å². The van der Waals surface area contributed by atoms with Gasteiger partial charge in [-0.05, 0) is 42.6 Å². The maximum atomic E-state index is 13.5. The maximum absolute atomic E-state index is 13.5. The van der Waals surface area contributed by atoms with E-state index in [1.807, 2.05) is 0 Å². The molecule has 2 fully saturated rings. The second-order valence-corrected chi connectivity index (χ2v) is 8.43. The summed E-state index contributed by atoms with van der Waals surface area (Å²) < 4.78 is 0. The Labute approximate surface area is 168 Å². The molecular weight excluding hydrogens is 380 g/mol. The predicted octanol–water partition coefficient (Wildman–Crippen LogP) is 1.96. The molecule has 0 radical (unpaired) electrons. The Kier molecular flexibility index (Phi) is 4.18. The Hall–Kier alpha value is -2.55. The molecule has 3 aliphatic rings. The van der Waals surface area contributed by atoms with Gasteiger partial charge in [-0.25, -0.2) is 0 Å². The van der Waals surface area contributed by atoms with E-state index in [-0.39, 0.29) is 35.1 Å². The van der Waals surface area contributed by atoms with Crippen LogP contribution in [0.4, 0.5) is 11.4 Å². The minimum Gasteiger partial charge on any atom is -0.367 e.